The van der Waals surface area contributed by atoms with Gasteiger partial charge in [0, 0.05) is 37.1 Å². The van der Waals surface area contributed by atoms with Gasteiger partial charge in [-0.3, -0.25) is 19.4 Å². The monoisotopic (exact) mass is 379 g/mol. The zero-order valence-corrected chi connectivity index (χ0v) is 16.1. The molecule has 4 rings (SSSR count). The number of aromatic nitrogens is 3. The lowest BCUT2D eigenvalue weighted by atomic mass is 10.0. The number of hydrogen-bond acceptors (Lipinski definition) is 4. The maximum atomic E-state index is 13.5. The Hall–Kier alpha value is -3.22. The number of halogens is 1. The molecule has 0 aliphatic carbocycles. The summed E-state index contributed by atoms with van der Waals surface area (Å²) in [5, 5.41) is 7.71. The second-order valence-corrected chi connectivity index (χ2v) is 7.16. The van der Waals surface area contributed by atoms with E-state index in [2.05, 4.69) is 15.4 Å². The van der Waals surface area contributed by atoms with E-state index in [-0.39, 0.29) is 17.8 Å². The van der Waals surface area contributed by atoms with Crippen LogP contribution in [0.3, 0.4) is 0 Å². The summed E-state index contributed by atoms with van der Waals surface area (Å²) in [6, 6.07) is 8.89. The highest BCUT2D eigenvalue weighted by Crippen LogP contribution is 2.29. The number of nitrogens with one attached hydrogen (secondary N) is 1. The van der Waals surface area contributed by atoms with Crippen molar-refractivity contribution in [3.8, 4) is 11.1 Å². The second-order valence-electron chi connectivity index (χ2n) is 7.16. The lowest BCUT2D eigenvalue weighted by Gasteiger charge is -2.19. The number of rotatable bonds is 4. The Bertz CT molecular complexity index is 1050. The van der Waals surface area contributed by atoms with Gasteiger partial charge in [-0.2, -0.15) is 5.10 Å². The quantitative estimate of drug-likeness (QED) is 0.754. The lowest BCUT2D eigenvalue weighted by Crippen LogP contribution is -2.34. The zero-order chi connectivity index (χ0) is 19.8. The van der Waals surface area contributed by atoms with Gasteiger partial charge in [0.1, 0.15) is 17.7 Å². The topological polar surface area (TPSA) is 63.1 Å². The van der Waals surface area contributed by atoms with Gasteiger partial charge in [-0.05, 0) is 43.5 Å². The number of benzene rings is 1. The summed E-state index contributed by atoms with van der Waals surface area (Å²) in [7, 11) is 1.84. The maximum Gasteiger partial charge on any atom is 0.250 e. The summed E-state index contributed by atoms with van der Waals surface area (Å²) < 4.78 is 15.2. The van der Waals surface area contributed by atoms with E-state index in [1.165, 1.54) is 12.3 Å². The number of amides is 1. The van der Waals surface area contributed by atoms with Crippen LogP contribution < -0.4 is 10.2 Å². The van der Waals surface area contributed by atoms with E-state index in [1.807, 2.05) is 45.2 Å². The first-order valence-electron chi connectivity index (χ1n) is 9.22. The van der Waals surface area contributed by atoms with Crippen LogP contribution in [0.4, 0.5) is 15.9 Å². The summed E-state index contributed by atoms with van der Waals surface area (Å²) in [4.78, 5) is 18.6. The summed E-state index contributed by atoms with van der Waals surface area (Å²) in [6.45, 7) is 4.54. The van der Waals surface area contributed by atoms with E-state index in [1.54, 1.807) is 15.8 Å². The Balaban J connectivity index is 1.57. The Morgan fingerprint density at radius 2 is 1.96 bits per heavy atom. The van der Waals surface area contributed by atoms with Gasteiger partial charge >= 0.3 is 0 Å². The number of aryl methyl sites for hydroxylation is 3. The first-order valence-corrected chi connectivity index (χ1v) is 9.22. The molecule has 1 atom stereocenters. The third-order valence-corrected chi connectivity index (χ3v) is 5.06. The van der Waals surface area contributed by atoms with Crippen molar-refractivity contribution in [2.24, 2.45) is 7.05 Å². The van der Waals surface area contributed by atoms with E-state index in [4.69, 9.17) is 0 Å². The minimum atomic E-state index is -0.374. The van der Waals surface area contributed by atoms with Crippen LogP contribution in [0, 0.1) is 19.7 Å². The molecule has 2 aromatic heterocycles. The van der Waals surface area contributed by atoms with Gasteiger partial charge < -0.3 is 5.32 Å². The fourth-order valence-electron chi connectivity index (χ4n) is 3.61. The molecule has 1 saturated heterocycles. The van der Waals surface area contributed by atoms with E-state index in [0.29, 0.717) is 18.5 Å². The van der Waals surface area contributed by atoms with Crippen LogP contribution in [0.15, 0.2) is 42.7 Å². The van der Waals surface area contributed by atoms with Gasteiger partial charge in [-0.15, -0.1) is 0 Å². The Morgan fingerprint density at radius 3 is 2.68 bits per heavy atom. The van der Waals surface area contributed by atoms with Gasteiger partial charge in [0.05, 0.1) is 11.9 Å². The molecule has 1 aromatic carbocycles. The summed E-state index contributed by atoms with van der Waals surface area (Å²) in [5.41, 5.74) is 4.32. The van der Waals surface area contributed by atoms with Crippen LogP contribution in [0.1, 0.15) is 17.7 Å². The number of anilines is 2. The smallest absolute Gasteiger partial charge is 0.250 e. The van der Waals surface area contributed by atoms with Gasteiger partial charge in [0.2, 0.25) is 0 Å². The van der Waals surface area contributed by atoms with E-state index < -0.39 is 0 Å². The largest absolute Gasteiger partial charge is 0.373 e. The van der Waals surface area contributed by atoms with Crippen molar-refractivity contribution >= 4 is 17.4 Å². The molecule has 0 spiro atoms. The fraction of sp³-hybridized carbons (Fsp3) is 0.286. The number of hydrogen-bond donors (Lipinski definition) is 1. The third-order valence-electron chi connectivity index (χ3n) is 5.06. The van der Waals surface area contributed by atoms with Crippen molar-refractivity contribution in [1.82, 2.24) is 14.8 Å². The molecular formula is C21H22FN5O. The van der Waals surface area contributed by atoms with Gasteiger partial charge in [0.15, 0.2) is 0 Å². The summed E-state index contributed by atoms with van der Waals surface area (Å²) in [6.07, 6.45) is 3.52. The highest BCUT2D eigenvalue weighted by molar-refractivity contribution is 6.00. The van der Waals surface area contributed by atoms with Crippen LogP contribution in [-0.4, -0.2) is 33.3 Å². The predicted molar refractivity (Wildman–Crippen MR) is 107 cm³/mol. The first-order chi connectivity index (χ1) is 13.4. The van der Waals surface area contributed by atoms with Crippen LogP contribution in [0.5, 0.6) is 0 Å². The Morgan fingerprint density at radius 1 is 1.14 bits per heavy atom. The van der Waals surface area contributed by atoms with Gasteiger partial charge in [-0.1, -0.05) is 12.1 Å². The normalized spacial score (nSPS) is 16.6. The number of carbonyl (C=O) groups excluding carboxylic acids is 1. The van der Waals surface area contributed by atoms with Crippen molar-refractivity contribution in [3.63, 3.8) is 0 Å². The molecule has 144 valence electrons. The van der Waals surface area contributed by atoms with Crippen molar-refractivity contribution < 1.29 is 9.18 Å². The number of nitrogens with zero attached hydrogens (tertiary/aromatic N) is 4. The number of carbonyl (C=O) groups is 1. The minimum absolute atomic E-state index is 0.0280. The molecule has 1 aliphatic rings. The third kappa shape index (κ3) is 3.35. The predicted octanol–water partition coefficient (Wildman–Crippen LogP) is 3.46. The Labute approximate surface area is 163 Å². The number of pyridine rings is 1. The lowest BCUT2D eigenvalue weighted by molar-refractivity contribution is -0.117. The standard InChI is InChI=1S/C21H22FN5O/c1-13-4-5-15(16-9-17(22)12-23-11-16)10-19(13)24-18-6-7-27(21(18)28)20-8-14(2)25-26(20)3/h4-5,8-12,18,24H,6-7H2,1-3H3. The highest BCUT2D eigenvalue weighted by atomic mass is 19.1. The fourth-order valence-corrected chi connectivity index (χ4v) is 3.61. The molecule has 1 unspecified atom stereocenters. The van der Waals surface area contributed by atoms with Crippen molar-refractivity contribution in [1.29, 1.82) is 0 Å². The molecule has 1 amide bonds. The van der Waals surface area contributed by atoms with E-state index in [0.717, 1.165) is 28.3 Å². The SMILES string of the molecule is Cc1cc(N2CCC(Nc3cc(-c4cncc(F)c4)ccc3C)C2=O)n(C)n1. The first kappa shape index (κ1) is 18.2. The highest BCUT2D eigenvalue weighted by Gasteiger charge is 2.34. The summed E-state index contributed by atoms with van der Waals surface area (Å²) in [5.74, 6) is 0.462. The Kier molecular flexibility index (Phi) is 4.58. The molecular weight excluding hydrogens is 357 g/mol. The molecule has 3 aromatic rings. The maximum absolute atomic E-state index is 13.5. The van der Waals surface area contributed by atoms with Crippen LogP contribution in [-0.2, 0) is 11.8 Å². The molecule has 0 saturated carbocycles. The molecule has 28 heavy (non-hydrogen) atoms. The molecule has 6 nitrogen and oxygen atoms in total. The van der Waals surface area contributed by atoms with Crippen LogP contribution >= 0.6 is 0 Å². The average molecular weight is 379 g/mol. The van der Waals surface area contributed by atoms with Crippen molar-refractivity contribution in [3.05, 3.63) is 59.8 Å². The van der Waals surface area contributed by atoms with E-state index in [9.17, 15) is 9.18 Å². The minimum Gasteiger partial charge on any atom is -0.373 e. The molecule has 1 N–H and O–H groups in total. The molecule has 3 heterocycles. The average Bonchev–Trinajstić information content (AvgIpc) is 3.18. The van der Waals surface area contributed by atoms with Crippen molar-refractivity contribution in [2.45, 2.75) is 26.3 Å². The summed E-state index contributed by atoms with van der Waals surface area (Å²) >= 11 is 0. The molecule has 1 aliphatic heterocycles. The second kappa shape index (κ2) is 7.07. The van der Waals surface area contributed by atoms with Gasteiger partial charge in [0.25, 0.3) is 5.91 Å². The molecule has 1 fully saturated rings. The zero-order valence-electron chi connectivity index (χ0n) is 16.1. The van der Waals surface area contributed by atoms with Crippen LogP contribution in [0.2, 0.25) is 0 Å². The van der Waals surface area contributed by atoms with E-state index >= 15 is 0 Å². The van der Waals surface area contributed by atoms with Gasteiger partial charge in [-0.25, -0.2) is 4.39 Å². The molecule has 0 radical (unpaired) electrons. The van der Waals surface area contributed by atoms with Crippen molar-refractivity contribution in [2.75, 3.05) is 16.8 Å². The van der Waals surface area contributed by atoms with Crippen LogP contribution in [0.25, 0.3) is 11.1 Å². The molecule has 0 bridgehead atoms. The molecule has 7 heteroatoms.